The largest absolute Gasteiger partial charge is 0.392 e. The average Bonchev–Trinajstić information content (AvgIpc) is 2.63. The van der Waals surface area contributed by atoms with Gasteiger partial charge in [0.1, 0.15) is 5.71 Å². The molecule has 1 aliphatic heterocycles. The van der Waals surface area contributed by atoms with E-state index in [1.54, 1.807) is 24.3 Å². The molecular formula is C10H9ClFNO2. The summed E-state index contributed by atoms with van der Waals surface area (Å²) in [5, 5.41) is 13.1. The summed E-state index contributed by atoms with van der Waals surface area (Å²) in [6.45, 7) is -0.893. The fraction of sp³-hybridized carbons (Fsp3) is 0.300. The van der Waals surface area contributed by atoms with Gasteiger partial charge in [-0.2, -0.15) is 0 Å². The number of rotatable bonds is 2. The Hall–Kier alpha value is -1.13. The smallest absolute Gasteiger partial charge is 0.215 e. The second-order valence-corrected chi connectivity index (χ2v) is 3.78. The zero-order valence-corrected chi connectivity index (χ0v) is 8.54. The van der Waals surface area contributed by atoms with Crippen LogP contribution in [0.4, 0.5) is 4.39 Å². The maximum atomic E-state index is 14.0. The van der Waals surface area contributed by atoms with Crippen LogP contribution < -0.4 is 0 Å². The summed E-state index contributed by atoms with van der Waals surface area (Å²) in [5.41, 5.74) is -1.23. The van der Waals surface area contributed by atoms with Crippen molar-refractivity contribution in [1.82, 2.24) is 0 Å². The lowest BCUT2D eigenvalue weighted by Gasteiger charge is -2.15. The zero-order valence-electron chi connectivity index (χ0n) is 7.78. The molecule has 0 aromatic heterocycles. The van der Waals surface area contributed by atoms with Crippen molar-refractivity contribution in [2.45, 2.75) is 5.67 Å². The number of aliphatic hydroxyl groups excluding tert-OH is 1. The minimum absolute atomic E-state index is 0.113. The van der Waals surface area contributed by atoms with Crippen LogP contribution in [0.3, 0.4) is 0 Å². The molecule has 80 valence electrons. The van der Waals surface area contributed by atoms with Gasteiger partial charge >= 0.3 is 0 Å². The van der Waals surface area contributed by atoms with Crippen LogP contribution in [0.2, 0.25) is 5.02 Å². The predicted molar refractivity (Wildman–Crippen MR) is 54.9 cm³/mol. The lowest BCUT2D eigenvalue weighted by Crippen LogP contribution is -2.38. The fourth-order valence-corrected chi connectivity index (χ4v) is 1.51. The van der Waals surface area contributed by atoms with E-state index in [4.69, 9.17) is 16.7 Å². The standard InChI is InChI=1S/C10H9ClFNO2/c11-8-3-1-7(2-4-8)9-10(12,5-14)6-15-13-9/h1-4,14H,5-6H2. The van der Waals surface area contributed by atoms with Gasteiger partial charge in [-0.3, -0.25) is 0 Å². The molecule has 1 heterocycles. The van der Waals surface area contributed by atoms with Crippen molar-refractivity contribution in [3.63, 3.8) is 0 Å². The van der Waals surface area contributed by atoms with Gasteiger partial charge in [0.2, 0.25) is 5.67 Å². The van der Waals surface area contributed by atoms with E-state index < -0.39 is 12.3 Å². The van der Waals surface area contributed by atoms with E-state index in [0.29, 0.717) is 10.6 Å². The zero-order chi connectivity index (χ0) is 10.9. The van der Waals surface area contributed by atoms with E-state index in [1.807, 2.05) is 0 Å². The summed E-state index contributed by atoms with van der Waals surface area (Å²) in [6, 6.07) is 6.55. The Bertz CT molecular complexity index is 393. The third-order valence-electron chi connectivity index (χ3n) is 2.24. The molecule has 0 aliphatic carbocycles. The molecule has 2 rings (SSSR count). The van der Waals surface area contributed by atoms with Gasteiger partial charge in [-0.05, 0) is 12.1 Å². The fourth-order valence-electron chi connectivity index (χ4n) is 1.39. The normalized spacial score (nSPS) is 24.9. The second kappa shape index (κ2) is 3.79. The molecular weight excluding hydrogens is 221 g/mol. The van der Waals surface area contributed by atoms with Crippen LogP contribution in [-0.4, -0.2) is 29.7 Å². The summed E-state index contributed by atoms with van der Waals surface area (Å²) >= 11 is 5.71. The van der Waals surface area contributed by atoms with Crippen LogP contribution in [-0.2, 0) is 4.84 Å². The van der Waals surface area contributed by atoms with Crippen molar-refractivity contribution in [3.8, 4) is 0 Å². The van der Waals surface area contributed by atoms with E-state index in [9.17, 15) is 4.39 Å². The minimum atomic E-state index is -1.91. The first kappa shape index (κ1) is 10.4. The number of hydrogen-bond donors (Lipinski definition) is 1. The van der Waals surface area contributed by atoms with Crippen LogP contribution in [0.1, 0.15) is 5.56 Å². The lowest BCUT2D eigenvalue weighted by molar-refractivity contribution is 0.0543. The molecule has 1 atom stereocenters. The molecule has 0 fully saturated rings. The van der Waals surface area contributed by atoms with Crippen molar-refractivity contribution in [3.05, 3.63) is 34.9 Å². The maximum absolute atomic E-state index is 14.0. The highest BCUT2D eigenvalue weighted by Gasteiger charge is 2.42. The van der Waals surface area contributed by atoms with Crippen LogP contribution in [0.5, 0.6) is 0 Å². The van der Waals surface area contributed by atoms with Crippen molar-refractivity contribution in [2.75, 3.05) is 13.2 Å². The first-order valence-electron chi connectivity index (χ1n) is 4.42. The van der Waals surface area contributed by atoms with Crippen molar-refractivity contribution in [1.29, 1.82) is 0 Å². The Morgan fingerprint density at radius 3 is 2.73 bits per heavy atom. The summed E-state index contributed by atoms with van der Waals surface area (Å²) in [4.78, 5) is 4.67. The van der Waals surface area contributed by atoms with Crippen molar-refractivity contribution in [2.24, 2.45) is 5.16 Å². The quantitative estimate of drug-likeness (QED) is 0.840. The monoisotopic (exact) mass is 229 g/mol. The lowest BCUT2D eigenvalue weighted by atomic mass is 9.96. The highest BCUT2D eigenvalue weighted by atomic mass is 35.5. The average molecular weight is 230 g/mol. The van der Waals surface area contributed by atoms with E-state index in [0.717, 1.165) is 0 Å². The van der Waals surface area contributed by atoms with Gasteiger partial charge in [0.15, 0.2) is 6.61 Å². The van der Waals surface area contributed by atoms with Gasteiger partial charge in [0.25, 0.3) is 0 Å². The second-order valence-electron chi connectivity index (χ2n) is 3.34. The summed E-state index contributed by atoms with van der Waals surface area (Å²) in [5.74, 6) is 0. The molecule has 1 aromatic rings. The van der Waals surface area contributed by atoms with Gasteiger partial charge < -0.3 is 9.94 Å². The highest BCUT2D eigenvalue weighted by Crippen LogP contribution is 2.25. The molecule has 1 aliphatic rings. The number of oxime groups is 1. The first-order chi connectivity index (χ1) is 7.15. The SMILES string of the molecule is OCC1(F)CON=C1c1ccc(Cl)cc1. The Balaban J connectivity index is 2.35. The topological polar surface area (TPSA) is 41.8 Å². The van der Waals surface area contributed by atoms with Gasteiger partial charge in [-0.1, -0.05) is 28.9 Å². The van der Waals surface area contributed by atoms with E-state index in [1.165, 1.54) is 0 Å². The summed E-state index contributed by atoms with van der Waals surface area (Å²) < 4.78 is 14.0. The molecule has 15 heavy (non-hydrogen) atoms. The predicted octanol–water partition coefficient (Wildman–Crippen LogP) is 1.77. The Labute approximate surface area is 91.1 Å². The Kier molecular flexibility index (Phi) is 2.63. The summed E-state index contributed by atoms with van der Waals surface area (Å²) in [7, 11) is 0. The van der Waals surface area contributed by atoms with E-state index in [2.05, 4.69) is 9.99 Å². The Morgan fingerprint density at radius 1 is 1.47 bits per heavy atom. The third kappa shape index (κ3) is 1.82. The van der Waals surface area contributed by atoms with Crippen LogP contribution >= 0.6 is 11.6 Å². The number of nitrogens with zero attached hydrogens (tertiary/aromatic N) is 1. The minimum Gasteiger partial charge on any atom is -0.392 e. The van der Waals surface area contributed by atoms with Crippen molar-refractivity contribution >= 4 is 17.3 Å². The number of halogens is 2. The molecule has 0 saturated carbocycles. The molecule has 3 nitrogen and oxygen atoms in total. The van der Waals surface area contributed by atoms with Gasteiger partial charge in [-0.15, -0.1) is 0 Å². The van der Waals surface area contributed by atoms with Gasteiger partial charge in [-0.25, -0.2) is 4.39 Å². The van der Waals surface area contributed by atoms with Gasteiger partial charge in [0, 0.05) is 10.6 Å². The molecule has 0 amide bonds. The number of benzene rings is 1. The molecule has 1 unspecified atom stereocenters. The van der Waals surface area contributed by atoms with Crippen LogP contribution in [0, 0.1) is 0 Å². The van der Waals surface area contributed by atoms with Gasteiger partial charge in [0.05, 0.1) is 6.61 Å². The Morgan fingerprint density at radius 2 is 2.13 bits per heavy atom. The van der Waals surface area contributed by atoms with E-state index >= 15 is 0 Å². The number of alkyl halides is 1. The van der Waals surface area contributed by atoms with Crippen LogP contribution in [0.15, 0.2) is 29.4 Å². The first-order valence-corrected chi connectivity index (χ1v) is 4.80. The molecule has 0 spiro atoms. The molecule has 0 saturated heterocycles. The van der Waals surface area contributed by atoms with Crippen LogP contribution in [0.25, 0.3) is 0 Å². The van der Waals surface area contributed by atoms with Crippen molar-refractivity contribution < 1.29 is 14.3 Å². The molecule has 0 bridgehead atoms. The highest BCUT2D eigenvalue weighted by molar-refractivity contribution is 6.30. The third-order valence-corrected chi connectivity index (χ3v) is 2.49. The molecule has 0 radical (unpaired) electrons. The molecule has 5 heteroatoms. The molecule has 1 N–H and O–H groups in total. The summed E-state index contributed by atoms with van der Waals surface area (Å²) in [6.07, 6.45) is 0. The maximum Gasteiger partial charge on any atom is 0.215 e. The number of aliphatic hydroxyl groups is 1. The molecule has 1 aromatic carbocycles. The number of hydrogen-bond acceptors (Lipinski definition) is 3. The van der Waals surface area contributed by atoms with E-state index in [-0.39, 0.29) is 12.3 Å².